The summed E-state index contributed by atoms with van der Waals surface area (Å²) in [5.41, 5.74) is 1.43. The van der Waals surface area contributed by atoms with Gasteiger partial charge in [-0.15, -0.1) is 0 Å². The number of carbonyl (C=O) groups is 3. The van der Waals surface area contributed by atoms with Gasteiger partial charge in [-0.2, -0.15) is 0 Å². The summed E-state index contributed by atoms with van der Waals surface area (Å²) in [5.74, 6) is -5.65. The molecule has 5 nitrogen and oxygen atoms in total. The maximum atomic E-state index is 12.2. The number of carboxylic acid groups (broad SMARTS) is 2. The maximum Gasteiger partial charge on any atom is 0.308 e. The van der Waals surface area contributed by atoms with Crippen LogP contribution in [-0.2, 0) is 14.4 Å². The van der Waals surface area contributed by atoms with E-state index < -0.39 is 29.7 Å². The first-order valence-corrected chi connectivity index (χ1v) is 6.47. The van der Waals surface area contributed by atoms with E-state index in [1.165, 1.54) is 0 Å². The Morgan fingerprint density at radius 3 is 2.35 bits per heavy atom. The van der Waals surface area contributed by atoms with Crippen LogP contribution in [0.15, 0.2) is 24.3 Å². The molecule has 2 unspecified atom stereocenters. The Bertz CT molecular complexity index is 563. The molecular formula is C15H16O5. The zero-order chi connectivity index (χ0) is 14.9. The topological polar surface area (TPSA) is 91.7 Å². The minimum Gasteiger partial charge on any atom is -0.481 e. The second-order valence-electron chi connectivity index (χ2n) is 5.15. The molecule has 5 heteroatoms. The van der Waals surface area contributed by atoms with Crippen LogP contribution in [0.25, 0.3) is 0 Å². The third-order valence-electron chi connectivity index (χ3n) is 3.97. The van der Waals surface area contributed by atoms with Crippen molar-refractivity contribution in [3.05, 3.63) is 35.4 Å². The summed E-state index contributed by atoms with van der Waals surface area (Å²) >= 11 is 0. The smallest absolute Gasteiger partial charge is 0.308 e. The van der Waals surface area contributed by atoms with Crippen molar-refractivity contribution in [2.24, 2.45) is 11.8 Å². The lowest BCUT2D eigenvalue weighted by atomic mass is 9.68. The summed E-state index contributed by atoms with van der Waals surface area (Å²) < 4.78 is 0. The van der Waals surface area contributed by atoms with Gasteiger partial charge in [-0.3, -0.25) is 14.4 Å². The van der Waals surface area contributed by atoms with Crippen molar-refractivity contribution in [1.29, 1.82) is 0 Å². The van der Waals surface area contributed by atoms with Crippen molar-refractivity contribution in [2.45, 2.75) is 25.7 Å². The molecule has 1 saturated carbocycles. The van der Waals surface area contributed by atoms with Gasteiger partial charge in [0.2, 0.25) is 0 Å². The van der Waals surface area contributed by atoms with Crippen molar-refractivity contribution >= 4 is 17.7 Å². The molecule has 0 aliphatic heterocycles. The molecule has 3 atom stereocenters. The highest BCUT2D eigenvalue weighted by Crippen LogP contribution is 2.40. The average Bonchev–Trinajstić information content (AvgIpc) is 2.38. The molecular weight excluding hydrogens is 260 g/mol. The zero-order valence-electron chi connectivity index (χ0n) is 11.1. The fraction of sp³-hybridized carbons (Fsp3) is 0.400. The summed E-state index contributed by atoms with van der Waals surface area (Å²) in [6, 6.07) is 7.04. The van der Waals surface area contributed by atoms with Crippen LogP contribution in [0.4, 0.5) is 0 Å². The number of benzene rings is 1. The first kappa shape index (κ1) is 14.2. The van der Waals surface area contributed by atoms with Gasteiger partial charge in [0.25, 0.3) is 0 Å². The Morgan fingerprint density at radius 1 is 1.15 bits per heavy atom. The molecule has 1 aromatic rings. The molecule has 0 amide bonds. The molecule has 2 rings (SSSR count). The van der Waals surface area contributed by atoms with Crippen molar-refractivity contribution in [1.82, 2.24) is 0 Å². The SMILES string of the molecule is Cc1ccccc1C1C(=O)CCC(C(=O)O)[C@@H]1C(=O)O. The molecule has 0 spiro atoms. The van der Waals surface area contributed by atoms with Gasteiger partial charge in [0.05, 0.1) is 17.8 Å². The standard InChI is InChI=1S/C15H16O5/c1-8-4-2-3-5-9(8)12-11(16)7-6-10(14(17)18)13(12)15(19)20/h2-5,10,12-13H,6-7H2,1H3,(H,17,18)(H,19,20)/t10?,12?,13-/m0/s1. The van der Waals surface area contributed by atoms with Gasteiger partial charge in [-0.1, -0.05) is 24.3 Å². The molecule has 1 aliphatic rings. The number of ketones is 1. The Balaban J connectivity index is 2.51. The van der Waals surface area contributed by atoms with Crippen LogP contribution >= 0.6 is 0 Å². The average molecular weight is 276 g/mol. The highest BCUT2D eigenvalue weighted by atomic mass is 16.4. The van der Waals surface area contributed by atoms with E-state index in [1.54, 1.807) is 31.2 Å². The van der Waals surface area contributed by atoms with Gasteiger partial charge in [-0.05, 0) is 24.5 Å². The first-order valence-electron chi connectivity index (χ1n) is 6.47. The Kier molecular flexibility index (Phi) is 3.88. The van der Waals surface area contributed by atoms with Crippen molar-refractivity contribution in [3.63, 3.8) is 0 Å². The maximum absolute atomic E-state index is 12.2. The summed E-state index contributed by atoms with van der Waals surface area (Å²) in [6.07, 6.45) is 0.202. The largest absolute Gasteiger partial charge is 0.481 e. The molecule has 0 radical (unpaired) electrons. The second-order valence-corrected chi connectivity index (χ2v) is 5.15. The lowest BCUT2D eigenvalue weighted by Crippen LogP contribution is -2.42. The molecule has 106 valence electrons. The van der Waals surface area contributed by atoms with Gasteiger partial charge in [0.15, 0.2) is 0 Å². The number of aryl methyl sites for hydroxylation is 1. The van der Waals surface area contributed by atoms with E-state index in [2.05, 4.69) is 0 Å². The van der Waals surface area contributed by atoms with E-state index in [9.17, 15) is 24.6 Å². The monoisotopic (exact) mass is 276 g/mol. The van der Waals surface area contributed by atoms with Gasteiger partial charge < -0.3 is 10.2 Å². The molecule has 1 aromatic carbocycles. The number of carbonyl (C=O) groups excluding carboxylic acids is 1. The van der Waals surface area contributed by atoms with E-state index in [4.69, 9.17) is 0 Å². The fourth-order valence-electron chi connectivity index (χ4n) is 2.96. The van der Waals surface area contributed by atoms with Gasteiger partial charge in [0, 0.05) is 6.42 Å². The second kappa shape index (κ2) is 5.45. The number of carboxylic acids is 2. The highest BCUT2D eigenvalue weighted by Gasteiger charge is 2.47. The quantitative estimate of drug-likeness (QED) is 0.879. The van der Waals surface area contributed by atoms with Crippen LogP contribution in [0.3, 0.4) is 0 Å². The van der Waals surface area contributed by atoms with Crippen LogP contribution in [0.1, 0.15) is 29.9 Å². The molecule has 20 heavy (non-hydrogen) atoms. The third-order valence-corrected chi connectivity index (χ3v) is 3.97. The number of Topliss-reactive ketones (excluding diaryl/α,β-unsaturated/α-hetero) is 1. The first-order chi connectivity index (χ1) is 9.43. The molecule has 0 saturated heterocycles. The summed E-state index contributed by atoms with van der Waals surface area (Å²) in [6.45, 7) is 1.80. The molecule has 0 bridgehead atoms. The lowest BCUT2D eigenvalue weighted by Gasteiger charge is -2.33. The normalized spacial score (nSPS) is 26.2. The summed E-state index contributed by atoms with van der Waals surface area (Å²) in [5, 5.41) is 18.6. The summed E-state index contributed by atoms with van der Waals surface area (Å²) in [7, 11) is 0. The van der Waals surface area contributed by atoms with Crippen LogP contribution in [0.2, 0.25) is 0 Å². The van der Waals surface area contributed by atoms with Gasteiger partial charge in [0.1, 0.15) is 5.78 Å². The predicted molar refractivity (Wildman–Crippen MR) is 70.4 cm³/mol. The van der Waals surface area contributed by atoms with Crippen molar-refractivity contribution in [2.75, 3.05) is 0 Å². The van der Waals surface area contributed by atoms with E-state index in [-0.39, 0.29) is 18.6 Å². The zero-order valence-corrected chi connectivity index (χ0v) is 11.1. The number of aliphatic carboxylic acids is 2. The van der Waals surface area contributed by atoms with Crippen LogP contribution in [0, 0.1) is 18.8 Å². The Hall–Kier alpha value is -2.17. The fourth-order valence-corrected chi connectivity index (χ4v) is 2.96. The molecule has 0 aromatic heterocycles. The Morgan fingerprint density at radius 2 is 1.80 bits per heavy atom. The van der Waals surface area contributed by atoms with Gasteiger partial charge in [-0.25, -0.2) is 0 Å². The molecule has 0 heterocycles. The van der Waals surface area contributed by atoms with Crippen molar-refractivity contribution in [3.8, 4) is 0 Å². The van der Waals surface area contributed by atoms with Gasteiger partial charge >= 0.3 is 11.9 Å². The summed E-state index contributed by atoms with van der Waals surface area (Å²) in [4.78, 5) is 34.9. The number of hydrogen-bond acceptors (Lipinski definition) is 3. The third kappa shape index (κ3) is 2.43. The minimum absolute atomic E-state index is 0.0908. The number of hydrogen-bond donors (Lipinski definition) is 2. The molecule has 1 fully saturated rings. The van der Waals surface area contributed by atoms with E-state index in [0.29, 0.717) is 5.56 Å². The minimum atomic E-state index is -1.22. The van der Waals surface area contributed by atoms with Crippen LogP contribution in [0.5, 0.6) is 0 Å². The van der Waals surface area contributed by atoms with Crippen LogP contribution in [-0.4, -0.2) is 27.9 Å². The Labute approximate surface area is 116 Å². The van der Waals surface area contributed by atoms with Crippen LogP contribution < -0.4 is 0 Å². The molecule has 2 N–H and O–H groups in total. The van der Waals surface area contributed by atoms with E-state index in [0.717, 1.165) is 5.56 Å². The lowest BCUT2D eigenvalue weighted by molar-refractivity contribution is -0.158. The predicted octanol–water partition coefficient (Wildman–Crippen LogP) is 1.84. The highest BCUT2D eigenvalue weighted by molar-refractivity contribution is 5.95. The van der Waals surface area contributed by atoms with E-state index >= 15 is 0 Å². The molecule has 1 aliphatic carbocycles. The van der Waals surface area contributed by atoms with Crippen molar-refractivity contribution < 1.29 is 24.6 Å². The van der Waals surface area contributed by atoms with E-state index in [1.807, 2.05) is 0 Å². The number of rotatable bonds is 3.